The maximum absolute atomic E-state index is 12.9. The van der Waals surface area contributed by atoms with Crippen molar-refractivity contribution in [3.63, 3.8) is 0 Å². The van der Waals surface area contributed by atoms with Crippen LogP contribution in [0.5, 0.6) is 5.88 Å². The number of aromatic amines is 1. The summed E-state index contributed by atoms with van der Waals surface area (Å²) in [6.45, 7) is 3.60. The van der Waals surface area contributed by atoms with E-state index in [2.05, 4.69) is 20.5 Å². The molecule has 0 radical (unpaired) electrons. The molecule has 2 aromatic rings. The third-order valence-corrected chi connectivity index (χ3v) is 5.88. The summed E-state index contributed by atoms with van der Waals surface area (Å²) < 4.78 is 10.4. The highest BCUT2D eigenvalue weighted by Gasteiger charge is 2.29. The number of amides is 2. The standard InChI is InChI=1S/C20H25ClN6O4/c1-30-18-8-14(15(21)10-22-18)16-9-17(25-24-16)20(29)27-4-2-13(3-5-27)19(28)23-11-26-6-7-31-12-26/h8-10,13H,2-7,11-12H2,1H3,(H,23,28)(H,24,25). The maximum atomic E-state index is 12.9. The third-order valence-electron chi connectivity index (χ3n) is 5.58. The number of carbonyl (C=O) groups excluding carboxylic acids is 2. The van der Waals surface area contributed by atoms with Crippen molar-refractivity contribution in [1.29, 1.82) is 0 Å². The van der Waals surface area contributed by atoms with Gasteiger partial charge in [0.05, 0.1) is 37.3 Å². The number of hydrogen-bond donors (Lipinski definition) is 2. The molecule has 166 valence electrons. The fourth-order valence-corrected chi connectivity index (χ4v) is 3.93. The van der Waals surface area contributed by atoms with E-state index >= 15 is 0 Å². The second kappa shape index (κ2) is 9.63. The molecule has 0 aliphatic carbocycles. The first kappa shape index (κ1) is 21.5. The van der Waals surface area contributed by atoms with Crippen LogP contribution in [0.25, 0.3) is 11.3 Å². The number of carbonyl (C=O) groups is 2. The fourth-order valence-electron chi connectivity index (χ4n) is 3.72. The molecular weight excluding hydrogens is 424 g/mol. The summed E-state index contributed by atoms with van der Waals surface area (Å²) >= 11 is 6.23. The third kappa shape index (κ3) is 4.97. The number of piperidine rings is 1. The van der Waals surface area contributed by atoms with E-state index in [9.17, 15) is 9.59 Å². The Morgan fingerprint density at radius 1 is 1.32 bits per heavy atom. The molecule has 10 nitrogen and oxygen atoms in total. The number of aromatic nitrogens is 3. The van der Waals surface area contributed by atoms with Crippen LogP contribution in [0.15, 0.2) is 18.3 Å². The molecular formula is C20H25ClN6O4. The Hall–Kier alpha value is -2.69. The number of pyridine rings is 1. The van der Waals surface area contributed by atoms with Crippen LogP contribution >= 0.6 is 11.6 Å². The van der Waals surface area contributed by atoms with Crippen LogP contribution in [0.1, 0.15) is 23.3 Å². The molecule has 0 atom stereocenters. The van der Waals surface area contributed by atoms with Gasteiger partial charge in [0.1, 0.15) is 6.73 Å². The van der Waals surface area contributed by atoms with Gasteiger partial charge in [0, 0.05) is 37.2 Å². The molecule has 0 saturated carbocycles. The highest BCUT2D eigenvalue weighted by atomic mass is 35.5. The van der Waals surface area contributed by atoms with E-state index in [0.29, 0.717) is 73.8 Å². The van der Waals surface area contributed by atoms with E-state index in [4.69, 9.17) is 21.1 Å². The van der Waals surface area contributed by atoms with Crippen molar-refractivity contribution in [2.45, 2.75) is 12.8 Å². The molecule has 2 amide bonds. The first-order valence-electron chi connectivity index (χ1n) is 10.2. The van der Waals surface area contributed by atoms with Crippen LogP contribution in [-0.2, 0) is 9.53 Å². The fraction of sp³-hybridized carbons (Fsp3) is 0.500. The normalized spacial score (nSPS) is 17.7. The topological polar surface area (TPSA) is 113 Å². The highest BCUT2D eigenvalue weighted by molar-refractivity contribution is 6.33. The maximum Gasteiger partial charge on any atom is 0.274 e. The average molecular weight is 449 g/mol. The molecule has 31 heavy (non-hydrogen) atoms. The van der Waals surface area contributed by atoms with Crippen LogP contribution in [0.4, 0.5) is 0 Å². The van der Waals surface area contributed by atoms with Crippen LogP contribution in [0.2, 0.25) is 5.02 Å². The predicted molar refractivity (Wildman–Crippen MR) is 113 cm³/mol. The Morgan fingerprint density at radius 2 is 2.13 bits per heavy atom. The van der Waals surface area contributed by atoms with Crippen molar-refractivity contribution < 1.29 is 19.1 Å². The van der Waals surface area contributed by atoms with Gasteiger partial charge in [-0.1, -0.05) is 11.6 Å². The van der Waals surface area contributed by atoms with Crippen molar-refractivity contribution in [3.8, 4) is 17.1 Å². The number of rotatable bonds is 6. The molecule has 2 aliphatic rings. The van der Waals surface area contributed by atoms with E-state index in [0.717, 1.165) is 6.54 Å². The quantitative estimate of drug-likeness (QED) is 0.685. The molecule has 2 fully saturated rings. The Balaban J connectivity index is 1.32. The van der Waals surface area contributed by atoms with Crippen LogP contribution < -0.4 is 10.1 Å². The van der Waals surface area contributed by atoms with Gasteiger partial charge < -0.3 is 19.7 Å². The van der Waals surface area contributed by atoms with E-state index < -0.39 is 0 Å². The summed E-state index contributed by atoms with van der Waals surface area (Å²) in [5.41, 5.74) is 1.56. The molecule has 2 saturated heterocycles. The Morgan fingerprint density at radius 3 is 2.84 bits per heavy atom. The van der Waals surface area contributed by atoms with Gasteiger partial charge in [0.2, 0.25) is 11.8 Å². The molecule has 0 bridgehead atoms. The van der Waals surface area contributed by atoms with Gasteiger partial charge in [-0.15, -0.1) is 0 Å². The number of nitrogens with one attached hydrogen (secondary N) is 2. The summed E-state index contributed by atoms with van der Waals surface area (Å²) in [6.07, 6.45) is 2.74. The zero-order chi connectivity index (χ0) is 21.8. The minimum Gasteiger partial charge on any atom is -0.481 e. The summed E-state index contributed by atoms with van der Waals surface area (Å²) in [5.74, 6) is 0.180. The number of H-pyrrole nitrogens is 1. The minimum absolute atomic E-state index is 0.0299. The molecule has 11 heteroatoms. The lowest BCUT2D eigenvalue weighted by Crippen LogP contribution is -2.45. The zero-order valence-corrected chi connectivity index (χ0v) is 18.0. The van der Waals surface area contributed by atoms with Crippen molar-refractivity contribution in [2.75, 3.05) is 46.8 Å². The number of ether oxygens (including phenoxy) is 2. The molecule has 0 unspecified atom stereocenters. The van der Waals surface area contributed by atoms with Crippen LogP contribution in [0, 0.1) is 5.92 Å². The van der Waals surface area contributed by atoms with Gasteiger partial charge in [-0.3, -0.25) is 19.6 Å². The second-order valence-electron chi connectivity index (χ2n) is 7.57. The zero-order valence-electron chi connectivity index (χ0n) is 17.3. The number of methoxy groups -OCH3 is 1. The second-order valence-corrected chi connectivity index (χ2v) is 7.98. The SMILES string of the molecule is COc1cc(-c2cc(C(=O)N3CCC(C(=O)NCN4CCOC4)CC3)n[nH]2)c(Cl)cn1. The van der Waals surface area contributed by atoms with Gasteiger partial charge in [-0.2, -0.15) is 5.10 Å². The molecule has 4 rings (SSSR count). The highest BCUT2D eigenvalue weighted by Crippen LogP contribution is 2.29. The molecule has 2 aromatic heterocycles. The van der Waals surface area contributed by atoms with Crippen molar-refractivity contribution in [1.82, 2.24) is 30.3 Å². The van der Waals surface area contributed by atoms with Crippen LogP contribution in [-0.4, -0.2) is 83.5 Å². The van der Waals surface area contributed by atoms with Crippen molar-refractivity contribution >= 4 is 23.4 Å². The summed E-state index contributed by atoms with van der Waals surface area (Å²) in [4.78, 5) is 33.1. The molecule has 2 N–H and O–H groups in total. The first-order chi connectivity index (χ1) is 15.0. The molecule has 0 aromatic carbocycles. The molecule has 0 spiro atoms. The Labute approximate surface area is 184 Å². The van der Waals surface area contributed by atoms with Gasteiger partial charge in [0.25, 0.3) is 5.91 Å². The van der Waals surface area contributed by atoms with Gasteiger partial charge in [-0.25, -0.2) is 4.98 Å². The van der Waals surface area contributed by atoms with Crippen molar-refractivity contribution in [3.05, 3.63) is 29.0 Å². The number of likely N-dealkylation sites (tertiary alicyclic amines) is 1. The smallest absolute Gasteiger partial charge is 0.274 e. The van der Waals surface area contributed by atoms with E-state index in [1.165, 1.54) is 13.3 Å². The molecule has 2 aliphatic heterocycles. The summed E-state index contributed by atoms with van der Waals surface area (Å²) in [6, 6.07) is 3.35. The van der Waals surface area contributed by atoms with E-state index in [-0.39, 0.29) is 17.7 Å². The lowest BCUT2D eigenvalue weighted by atomic mass is 9.95. The predicted octanol–water partition coefficient (Wildman–Crippen LogP) is 1.35. The molecule has 4 heterocycles. The van der Waals surface area contributed by atoms with Crippen molar-refractivity contribution in [2.24, 2.45) is 5.92 Å². The van der Waals surface area contributed by atoms with E-state index in [1.807, 2.05) is 4.90 Å². The number of halogens is 1. The van der Waals surface area contributed by atoms with Crippen LogP contribution in [0.3, 0.4) is 0 Å². The Kier molecular flexibility index (Phi) is 6.69. The first-order valence-corrected chi connectivity index (χ1v) is 10.6. The number of nitrogens with zero attached hydrogens (tertiary/aromatic N) is 4. The van der Waals surface area contributed by atoms with Gasteiger partial charge >= 0.3 is 0 Å². The average Bonchev–Trinajstić information content (AvgIpc) is 3.50. The number of hydrogen-bond acceptors (Lipinski definition) is 7. The Bertz CT molecular complexity index is 938. The lowest BCUT2D eigenvalue weighted by Gasteiger charge is -2.31. The van der Waals surface area contributed by atoms with Gasteiger partial charge in [-0.05, 0) is 18.9 Å². The monoisotopic (exact) mass is 448 g/mol. The summed E-state index contributed by atoms with van der Waals surface area (Å²) in [5, 5.41) is 10.4. The largest absolute Gasteiger partial charge is 0.481 e. The van der Waals surface area contributed by atoms with E-state index in [1.54, 1.807) is 17.0 Å². The van der Waals surface area contributed by atoms with Gasteiger partial charge in [0.15, 0.2) is 5.69 Å². The minimum atomic E-state index is -0.173. The summed E-state index contributed by atoms with van der Waals surface area (Å²) in [7, 11) is 1.52. The lowest BCUT2D eigenvalue weighted by molar-refractivity contribution is -0.127.